The first kappa shape index (κ1) is 8.83. The molecule has 1 nitrogen and oxygen atoms in total. The Hall–Kier alpha value is -1.26. The first-order valence-electron chi connectivity index (χ1n) is 3.88. The number of rotatable bonds is 2. The van der Waals surface area contributed by atoms with Crippen molar-refractivity contribution in [3.05, 3.63) is 35.4 Å². The molecule has 0 saturated heterocycles. The normalized spacial score (nSPS) is 12.1. The molecule has 0 aliphatic carbocycles. The summed E-state index contributed by atoms with van der Waals surface area (Å²) < 4.78 is 5.18. The van der Waals surface area contributed by atoms with Crippen molar-refractivity contribution < 1.29 is 4.74 Å². The average molecular weight is 160 g/mol. The molecule has 1 rings (SSSR count). The van der Waals surface area contributed by atoms with Crippen LogP contribution in [0.1, 0.15) is 24.2 Å². The van der Waals surface area contributed by atoms with E-state index in [9.17, 15) is 0 Å². The largest absolute Gasteiger partial charge is 0.377 e. The van der Waals surface area contributed by atoms with E-state index in [-0.39, 0.29) is 6.10 Å². The SMILES string of the molecule is C#Cc1ccccc1C(C)OC. The molecule has 0 saturated carbocycles. The van der Waals surface area contributed by atoms with Gasteiger partial charge in [-0.1, -0.05) is 24.1 Å². The van der Waals surface area contributed by atoms with Gasteiger partial charge >= 0.3 is 0 Å². The molecule has 12 heavy (non-hydrogen) atoms. The van der Waals surface area contributed by atoms with Crippen molar-refractivity contribution in [2.45, 2.75) is 13.0 Å². The van der Waals surface area contributed by atoms with Crippen molar-refractivity contribution in [1.29, 1.82) is 0 Å². The smallest absolute Gasteiger partial charge is 0.0805 e. The van der Waals surface area contributed by atoms with E-state index >= 15 is 0 Å². The third kappa shape index (κ3) is 1.66. The first-order chi connectivity index (χ1) is 5.79. The van der Waals surface area contributed by atoms with Gasteiger partial charge in [0.2, 0.25) is 0 Å². The zero-order chi connectivity index (χ0) is 8.97. The van der Waals surface area contributed by atoms with Gasteiger partial charge in [0.15, 0.2) is 0 Å². The lowest BCUT2D eigenvalue weighted by molar-refractivity contribution is 0.119. The molecule has 1 heteroatoms. The molecule has 0 radical (unpaired) electrons. The fraction of sp³-hybridized carbons (Fsp3) is 0.273. The van der Waals surface area contributed by atoms with Gasteiger partial charge in [0.1, 0.15) is 0 Å². The second kappa shape index (κ2) is 3.94. The third-order valence-corrected chi connectivity index (χ3v) is 1.91. The maximum absolute atomic E-state index is 5.34. The highest BCUT2D eigenvalue weighted by molar-refractivity contribution is 5.40. The Bertz CT molecular complexity index is 296. The van der Waals surface area contributed by atoms with E-state index < -0.39 is 0 Å². The molecule has 0 heterocycles. The van der Waals surface area contributed by atoms with Gasteiger partial charge in [-0.3, -0.25) is 0 Å². The van der Waals surface area contributed by atoms with E-state index in [1.165, 1.54) is 0 Å². The lowest BCUT2D eigenvalue weighted by atomic mass is 10.0. The molecular weight excluding hydrogens is 148 g/mol. The summed E-state index contributed by atoms with van der Waals surface area (Å²) in [6.45, 7) is 1.98. The molecular formula is C11H12O. The Labute approximate surface area is 73.4 Å². The molecule has 0 aliphatic heterocycles. The molecule has 0 bridgehead atoms. The van der Waals surface area contributed by atoms with Crippen LogP contribution in [0.2, 0.25) is 0 Å². The Morgan fingerprint density at radius 2 is 2.08 bits per heavy atom. The summed E-state index contributed by atoms with van der Waals surface area (Å²) in [5.74, 6) is 2.63. The maximum Gasteiger partial charge on any atom is 0.0805 e. The van der Waals surface area contributed by atoms with Gasteiger partial charge in [-0.05, 0) is 18.6 Å². The highest BCUT2D eigenvalue weighted by Gasteiger charge is 2.06. The van der Waals surface area contributed by atoms with Gasteiger partial charge < -0.3 is 4.74 Å². The predicted octanol–water partition coefficient (Wildman–Crippen LogP) is 2.38. The summed E-state index contributed by atoms with van der Waals surface area (Å²) in [7, 11) is 1.68. The molecule has 1 aromatic carbocycles. The van der Waals surface area contributed by atoms with Crippen LogP contribution in [0.4, 0.5) is 0 Å². The average Bonchev–Trinajstić information content (AvgIpc) is 2.16. The maximum atomic E-state index is 5.34. The molecule has 0 N–H and O–H groups in total. The zero-order valence-corrected chi connectivity index (χ0v) is 7.37. The number of ether oxygens (including phenoxy) is 1. The van der Waals surface area contributed by atoms with Crippen molar-refractivity contribution in [3.8, 4) is 12.3 Å². The van der Waals surface area contributed by atoms with Crippen LogP contribution >= 0.6 is 0 Å². The summed E-state index contributed by atoms with van der Waals surface area (Å²) >= 11 is 0. The fourth-order valence-electron chi connectivity index (χ4n) is 1.11. The molecule has 1 atom stereocenters. The molecule has 0 aliphatic rings. The van der Waals surface area contributed by atoms with Gasteiger partial charge in [0, 0.05) is 12.7 Å². The van der Waals surface area contributed by atoms with Gasteiger partial charge in [0.25, 0.3) is 0 Å². The first-order valence-corrected chi connectivity index (χ1v) is 3.88. The molecule has 1 unspecified atom stereocenters. The lowest BCUT2D eigenvalue weighted by Crippen LogP contribution is -1.98. The number of hydrogen-bond donors (Lipinski definition) is 0. The van der Waals surface area contributed by atoms with E-state index in [2.05, 4.69) is 5.92 Å². The Balaban J connectivity index is 3.07. The molecule has 0 fully saturated rings. The van der Waals surface area contributed by atoms with E-state index in [1.807, 2.05) is 31.2 Å². The fourth-order valence-corrected chi connectivity index (χ4v) is 1.11. The monoisotopic (exact) mass is 160 g/mol. The van der Waals surface area contributed by atoms with E-state index in [0.717, 1.165) is 11.1 Å². The van der Waals surface area contributed by atoms with Crippen molar-refractivity contribution in [3.63, 3.8) is 0 Å². The van der Waals surface area contributed by atoms with Crippen molar-refractivity contribution in [2.75, 3.05) is 7.11 Å². The van der Waals surface area contributed by atoms with Crippen LogP contribution in [-0.4, -0.2) is 7.11 Å². The van der Waals surface area contributed by atoms with Gasteiger partial charge in [-0.15, -0.1) is 6.42 Å². The Morgan fingerprint density at radius 1 is 1.42 bits per heavy atom. The minimum absolute atomic E-state index is 0.0669. The van der Waals surface area contributed by atoms with Crippen molar-refractivity contribution in [2.24, 2.45) is 0 Å². The molecule has 1 aromatic rings. The van der Waals surface area contributed by atoms with Crippen LogP contribution in [0, 0.1) is 12.3 Å². The van der Waals surface area contributed by atoms with E-state index in [1.54, 1.807) is 7.11 Å². The minimum atomic E-state index is 0.0669. The van der Waals surface area contributed by atoms with Crippen LogP contribution in [0.15, 0.2) is 24.3 Å². The van der Waals surface area contributed by atoms with Crippen LogP contribution < -0.4 is 0 Å². The van der Waals surface area contributed by atoms with Gasteiger partial charge in [-0.25, -0.2) is 0 Å². The van der Waals surface area contributed by atoms with Crippen LogP contribution in [0.5, 0.6) is 0 Å². The second-order valence-electron chi connectivity index (χ2n) is 2.61. The van der Waals surface area contributed by atoms with Gasteiger partial charge in [0.05, 0.1) is 6.10 Å². The molecule has 0 spiro atoms. The number of methoxy groups -OCH3 is 1. The van der Waals surface area contributed by atoms with Crippen LogP contribution in [0.3, 0.4) is 0 Å². The quantitative estimate of drug-likeness (QED) is 0.603. The number of benzene rings is 1. The molecule has 0 aromatic heterocycles. The van der Waals surface area contributed by atoms with E-state index in [4.69, 9.17) is 11.2 Å². The summed E-state index contributed by atoms with van der Waals surface area (Å²) in [5.41, 5.74) is 1.98. The van der Waals surface area contributed by atoms with Crippen molar-refractivity contribution >= 4 is 0 Å². The Morgan fingerprint density at radius 3 is 2.67 bits per heavy atom. The summed E-state index contributed by atoms with van der Waals surface area (Å²) in [6, 6.07) is 7.81. The van der Waals surface area contributed by atoms with Crippen LogP contribution in [0.25, 0.3) is 0 Å². The van der Waals surface area contributed by atoms with Gasteiger partial charge in [-0.2, -0.15) is 0 Å². The highest BCUT2D eigenvalue weighted by atomic mass is 16.5. The van der Waals surface area contributed by atoms with Crippen molar-refractivity contribution in [1.82, 2.24) is 0 Å². The Kier molecular flexibility index (Phi) is 2.90. The summed E-state index contributed by atoms with van der Waals surface area (Å²) in [6.07, 6.45) is 5.40. The number of terminal acetylenes is 1. The highest BCUT2D eigenvalue weighted by Crippen LogP contribution is 2.18. The summed E-state index contributed by atoms with van der Waals surface area (Å²) in [5, 5.41) is 0. The zero-order valence-electron chi connectivity index (χ0n) is 7.37. The van der Waals surface area contributed by atoms with E-state index in [0.29, 0.717) is 0 Å². The molecule has 0 amide bonds. The topological polar surface area (TPSA) is 9.23 Å². The predicted molar refractivity (Wildman–Crippen MR) is 49.8 cm³/mol. The van der Waals surface area contributed by atoms with Crippen LogP contribution in [-0.2, 0) is 4.74 Å². The lowest BCUT2D eigenvalue weighted by Gasteiger charge is -2.11. The minimum Gasteiger partial charge on any atom is -0.377 e. The second-order valence-corrected chi connectivity index (χ2v) is 2.61. The molecule has 62 valence electrons. The summed E-state index contributed by atoms with van der Waals surface area (Å²) in [4.78, 5) is 0. The number of hydrogen-bond acceptors (Lipinski definition) is 1. The third-order valence-electron chi connectivity index (χ3n) is 1.91. The standard InChI is InChI=1S/C11H12O/c1-4-10-7-5-6-8-11(10)9(2)12-3/h1,5-9H,2-3H3.